The number of piperidine rings is 1. The number of nitrogens with two attached hydrogens (primary N) is 1. The first-order chi connectivity index (χ1) is 7.91. The van der Waals surface area contributed by atoms with Gasteiger partial charge in [0.25, 0.3) is 0 Å². The van der Waals surface area contributed by atoms with Crippen LogP contribution in [-0.2, 0) is 4.79 Å². The summed E-state index contributed by atoms with van der Waals surface area (Å²) in [5.41, 5.74) is 5.74. The van der Waals surface area contributed by atoms with Crippen LogP contribution in [0.25, 0.3) is 0 Å². The van der Waals surface area contributed by atoms with Crippen molar-refractivity contribution in [3.63, 3.8) is 0 Å². The van der Waals surface area contributed by atoms with E-state index in [9.17, 15) is 4.79 Å². The number of amidine groups is 1. The highest BCUT2D eigenvalue weighted by molar-refractivity contribution is 5.85. The van der Waals surface area contributed by atoms with Gasteiger partial charge in [-0.2, -0.15) is 0 Å². The molecule has 0 saturated carbocycles. The van der Waals surface area contributed by atoms with Gasteiger partial charge in [0.15, 0.2) is 0 Å². The van der Waals surface area contributed by atoms with Crippen molar-refractivity contribution in [2.24, 2.45) is 16.1 Å². The van der Waals surface area contributed by atoms with E-state index >= 15 is 0 Å². The third-order valence-electron chi connectivity index (χ3n) is 3.09. The number of nitrogens with zero attached hydrogens (tertiary/aromatic N) is 2. The molecule has 1 rings (SSSR count). The van der Waals surface area contributed by atoms with Gasteiger partial charge in [0.1, 0.15) is 0 Å². The topological polar surface area (TPSA) is 58.7 Å². The molecule has 0 bridgehead atoms. The molecule has 1 saturated heterocycles. The number of hydrogen-bond donors (Lipinski definition) is 1. The molecule has 0 aromatic rings. The molecule has 1 fully saturated rings. The average molecular weight is 239 g/mol. The van der Waals surface area contributed by atoms with Gasteiger partial charge in [-0.1, -0.05) is 20.8 Å². The van der Waals surface area contributed by atoms with Gasteiger partial charge < -0.3 is 10.6 Å². The fourth-order valence-electron chi connectivity index (χ4n) is 1.81. The lowest BCUT2D eigenvalue weighted by Gasteiger charge is -2.26. The molecule has 98 valence electrons. The van der Waals surface area contributed by atoms with E-state index in [1.165, 1.54) is 6.42 Å². The molecule has 2 N–H and O–H groups in total. The van der Waals surface area contributed by atoms with Gasteiger partial charge >= 0.3 is 0 Å². The molecule has 1 aliphatic heterocycles. The van der Waals surface area contributed by atoms with Crippen LogP contribution < -0.4 is 5.73 Å². The predicted octanol–water partition coefficient (Wildman–Crippen LogP) is 1.79. The number of carbonyl (C=O) groups excluding carboxylic acids is 1. The number of likely N-dealkylation sites (tertiary alicyclic amines) is 1. The second-order valence-electron chi connectivity index (χ2n) is 5.71. The van der Waals surface area contributed by atoms with Crippen LogP contribution in [0.3, 0.4) is 0 Å². The van der Waals surface area contributed by atoms with E-state index in [0.29, 0.717) is 18.8 Å². The fraction of sp³-hybridized carbons (Fsp3) is 0.846. The standard InChI is InChI=1S/C13H25N3O/c1-13(2,3)12(14)15-8-7-11(17)16-9-5-4-6-10-16/h4-10H2,1-3H3,(H2,14,15). The Balaban J connectivity index is 2.33. The SMILES string of the molecule is CC(C)(C)C(N)=NCCC(=O)N1CCCCC1. The van der Waals surface area contributed by atoms with E-state index in [1.54, 1.807) is 0 Å². The lowest BCUT2D eigenvalue weighted by atomic mass is 9.95. The van der Waals surface area contributed by atoms with E-state index in [2.05, 4.69) is 4.99 Å². The molecule has 0 spiro atoms. The van der Waals surface area contributed by atoms with Crippen molar-refractivity contribution in [1.82, 2.24) is 4.90 Å². The summed E-state index contributed by atoms with van der Waals surface area (Å²) in [6.45, 7) is 8.42. The summed E-state index contributed by atoms with van der Waals surface area (Å²) in [5.74, 6) is 0.846. The Morgan fingerprint density at radius 3 is 2.35 bits per heavy atom. The molecule has 0 aromatic heterocycles. The van der Waals surface area contributed by atoms with Gasteiger partial charge in [0.05, 0.1) is 5.84 Å². The van der Waals surface area contributed by atoms with Crippen LogP contribution in [-0.4, -0.2) is 36.3 Å². The molecule has 4 nitrogen and oxygen atoms in total. The summed E-state index contributed by atoms with van der Waals surface area (Å²) >= 11 is 0. The van der Waals surface area contributed by atoms with Gasteiger partial charge in [-0.25, -0.2) is 0 Å². The molecule has 1 aliphatic rings. The Labute approximate surface area is 104 Å². The Kier molecular flexibility index (Phi) is 4.97. The number of aliphatic imine (C=N–C) groups is 1. The third-order valence-corrected chi connectivity index (χ3v) is 3.09. The van der Waals surface area contributed by atoms with Crippen LogP contribution in [0.4, 0.5) is 0 Å². The van der Waals surface area contributed by atoms with Crippen molar-refractivity contribution >= 4 is 11.7 Å². The highest BCUT2D eigenvalue weighted by Gasteiger charge is 2.17. The predicted molar refractivity (Wildman–Crippen MR) is 71.0 cm³/mol. The Bertz CT molecular complexity index is 286. The van der Waals surface area contributed by atoms with Gasteiger partial charge in [-0.15, -0.1) is 0 Å². The maximum Gasteiger partial charge on any atom is 0.224 e. The number of rotatable bonds is 3. The summed E-state index contributed by atoms with van der Waals surface area (Å²) in [5, 5.41) is 0. The molecular formula is C13H25N3O. The molecule has 0 aliphatic carbocycles. The van der Waals surface area contributed by atoms with E-state index < -0.39 is 0 Å². The smallest absolute Gasteiger partial charge is 0.224 e. The van der Waals surface area contributed by atoms with Crippen molar-refractivity contribution in [3.05, 3.63) is 0 Å². The van der Waals surface area contributed by atoms with Crippen LogP contribution >= 0.6 is 0 Å². The summed E-state index contributed by atoms with van der Waals surface area (Å²) in [6.07, 6.45) is 4.01. The van der Waals surface area contributed by atoms with E-state index in [1.807, 2.05) is 25.7 Å². The lowest BCUT2D eigenvalue weighted by Crippen LogP contribution is -2.36. The zero-order valence-corrected chi connectivity index (χ0v) is 11.3. The minimum absolute atomic E-state index is 0.103. The van der Waals surface area contributed by atoms with Crippen LogP contribution in [0.2, 0.25) is 0 Å². The summed E-state index contributed by atoms with van der Waals surface area (Å²) in [4.78, 5) is 18.1. The third kappa shape index (κ3) is 4.75. The zero-order valence-electron chi connectivity index (χ0n) is 11.3. The second kappa shape index (κ2) is 6.03. The first-order valence-electron chi connectivity index (χ1n) is 6.49. The summed E-state index contributed by atoms with van der Waals surface area (Å²) in [7, 11) is 0. The first-order valence-corrected chi connectivity index (χ1v) is 6.49. The van der Waals surface area contributed by atoms with Crippen molar-refractivity contribution in [1.29, 1.82) is 0 Å². The van der Waals surface area contributed by atoms with Gasteiger partial charge in [0.2, 0.25) is 5.91 Å². The molecular weight excluding hydrogens is 214 g/mol. The van der Waals surface area contributed by atoms with Crippen LogP contribution in [0.15, 0.2) is 4.99 Å². The molecule has 0 aromatic carbocycles. The largest absolute Gasteiger partial charge is 0.387 e. The molecule has 0 atom stereocenters. The van der Waals surface area contributed by atoms with Crippen LogP contribution in [0.1, 0.15) is 46.5 Å². The number of amides is 1. The zero-order chi connectivity index (χ0) is 12.9. The van der Waals surface area contributed by atoms with Crippen molar-refractivity contribution in [3.8, 4) is 0 Å². The highest BCUT2D eigenvalue weighted by atomic mass is 16.2. The Morgan fingerprint density at radius 1 is 1.24 bits per heavy atom. The Morgan fingerprint density at radius 2 is 1.82 bits per heavy atom. The van der Waals surface area contributed by atoms with Gasteiger partial charge in [0, 0.05) is 31.5 Å². The molecule has 1 heterocycles. The van der Waals surface area contributed by atoms with Gasteiger partial charge in [-0.3, -0.25) is 9.79 Å². The maximum absolute atomic E-state index is 11.8. The summed E-state index contributed by atoms with van der Waals surface area (Å²) < 4.78 is 0. The first kappa shape index (κ1) is 14.0. The average Bonchev–Trinajstić information content (AvgIpc) is 2.28. The van der Waals surface area contributed by atoms with Crippen LogP contribution in [0, 0.1) is 5.41 Å². The van der Waals surface area contributed by atoms with Crippen molar-refractivity contribution in [2.45, 2.75) is 46.5 Å². The van der Waals surface area contributed by atoms with Crippen molar-refractivity contribution < 1.29 is 4.79 Å². The van der Waals surface area contributed by atoms with Crippen molar-refractivity contribution in [2.75, 3.05) is 19.6 Å². The minimum Gasteiger partial charge on any atom is -0.387 e. The fourth-order valence-corrected chi connectivity index (χ4v) is 1.81. The lowest BCUT2D eigenvalue weighted by molar-refractivity contribution is -0.131. The minimum atomic E-state index is -0.103. The normalized spacial score (nSPS) is 18.3. The molecule has 0 unspecified atom stereocenters. The van der Waals surface area contributed by atoms with Crippen LogP contribution in [0.5, 0.6) is 0 Å². The number of hydrogen-bond acceptors (Lipinski definition) is 2. The number of carbonyl (C=O) groups is 1. The molecule has 1 amide bonds. The van der Waals surface area contributed by atoms with Gasteiger partial charge in [-0.05, 0) is 19.3 Å². The summed E-state index contributed by atoms with van der Waals surface area (Å²) in [6, 6.07) is 0. The van der Waals surface area contributed by atoms with E-state index in [-0.39, 0.29) is 11.3 Å². The molecule has 4 heteroatoms. The highest BCUT2D eigenvalue weighted by Crippen LogP contribution is 2.13. The van der Waals surface area contributed by atoms with E-state index in [4.69, 9.17) is 5.73 Å². The monoisotopic (exact) mass is 239 g/mol. The second-order valence-corrected chi connectivity index (χ2v) is 5.71. The van der Waals surface area contributed by atoms with E-state index in [0.717, 1.165) is 25.9 Å². The molecule has 0 radical (unpaired) electrons. The Hall–Kier alpha value is -1.06. The quantitative estimate of drug-likeness (QED) is 0.603. The molecule has 17 heavy (non-hydrogen) atoms. The maximum atomic E-state index is 11.8.